The molecule has 0 unspecified atom stereocenters. The smallest absolute Gasteiger partial charge is 0.251 e. The summed E-state index contributed by atoms with van der Waals surface area (Å²) in [5, 5.41) is 3.10. The molecular weight excluding hydrogens is 214 g/mol. The van der Waals surface area contributed by atoms with Crippen LogP contribution in [0.3, 0.4) is 0 Å². The van der Waals surface area contributed by atoms with Crippen molar-refractivity contribution in [2.24, 2.45) is 0 Å². The lowest BCUT2D eigenvalue weighted by Crippen LogP contribution is -2.52. The predicted octanol–water partition coefficient (Wildman–Crippen LogP) is 1.91. The molecule has 4 heteroatoms. The first kappa shape index (κ1) is 11.8. The molecule has 1 saturated carbocycles. The first-order valence-corrected chi connectivity index (χ1v) is 6.03. The molecule has 0 radical (unpaired) electrons. The van der Waals surface area contributed by atoms with E-state index in [1.165, 1.54) is 6.42 Å². The number of nitrogen functional groups attached to an aromatic ring is 2. The van der Waals surface area contributed by atoms with Gasteiger partial charge < -0.3 is 16.8 Å². The van der Waals surface area contributed by atoms with Gasteiger partial charge in [-0.15, -0.1) is 0 Å². The Morgan fingerprint density at radius 3 is 2.29 bits per heavy atom. The van der Waals surface area contributed by atoms with E-state index in [0.717, 1.165) is 19.3 Å². The van der Waals surface area contributed by atoms with Gasteiger partial charge in [0.2, 0.25) is 0 Å². The molecule has 1 aromatic carbocycles. The van der Waals surface area contributed by atoms with Crippen molar-refractivity contribution < 1.29 is 4.79 Å². The van der Waals surface area contributed by atoms with Crippen LogP contribution in [0.25, 0.3) is 0 Å². The van der Waals surface area contributed by atoms with Crippen molar-refractivity contribution in [3.63, 3.8) is 0 Å². The minimum atomic E-state index is -0.0782. The van der Waals surface area contributed by atoms with Crippen molar-refractivity contribution in [3.05, 3.63) is 23.8 Å². The first-order chi connectivity index (χ1) is 8.04. The summed E-state index contributed by atoms with van der Waals surface area (Å²) in [5.41, 5.74) is 12.9. The van der Waals surface area contributed by atoms with Crippen molar-refractivity contribution in [2.75, 3.05) is 11.5 Å². The van der Waals surface area contributed by atoms with Crippen molar-refractivity contribution in [3.8, 4) is 0 Å². The summed E-state index contributed by atoms with van der Waals surface area (Å²) in [4.78, 5) is 12.1. The maximum atomic E-state index is 12.1. The maximum absolute atomic E-state index is 12.1. The molecule has 1 aliphatic rings. The number of benzene rings is 1. The Balaban J connectivity index is 2.14. The second-order valence-electron chi connectivity index (χ2n) is 4.83. The second-order valence-corrected chi connectivity index (χ2v) is 4.83. The molecule has 4 nitrogen and oxygen atoms in total. The van der Waals surface area contributed by atoms with Crippen LogP contribution >= 0.6 is 0 Å². The molecule has 0 heterocycles. The molecule has 1 amide bonds. The van der Waals surface area contributed by atoms with Gasteiger partial charge in [-0.2, -0.15) is 0 Å². The molecule has 0 aromatic heterocycles. The second kappa shape index (κ2) is 4.28. The molecule has 17 heavy (non-hydrogen) atoms. The number of anilines is 2. The van der Waals surface area contributed by atoms with Crippen molar-refractivity contribution >= 4 is 17.3 Å². The molecule has 1 aliphatic carbocycles. The van der Waals surface area contributed by atoms with Crippen LogP contribution in [0.4, 0.5) is 11.4 Å². The predicted molar refractivity (Wildman–Crippen MR) is 69.6 cm³/mol. The first-order valence-electron chi connectivity index (χ1n) is 6.03. The fourth-order valence-corrected chi connectivity index (χ4v) is 2.29. The van der Waals surface area contributed by atoms with Gasteiger partial charge >= 0.3 is 0 Å². The van der Waals surface area contributed by atoms with E-state index >= 15 is 0 Å². The molecule has 0 saturated heterocycles. The minimum Gasteiger partial charge on any atom is -0.399 e. The van der Waals surface area contributed by atoms with Crippen molar-refractivity contribution in [2.45, 2.75) is 38.1 Å². The number of carbonyl (C=O) groups is 1. The highest BCUT2D eigenvalue weighted by Gasteiger charge is 2.36. The lowest BCUT2D eigenvalue weighted by atomic mass is 9.74. The standard InChI is InChI=1S/C13H19N3O/c1-2-13(4-3-5-13)16-12(17)9-6-10(14)8-11(15)7-9/h6-8H,2-5,14-15H2,1H3,(H,16,17). The van der Waals surface area contributed by atoms with Crippen LogP contribution in [0, 0.1) is 0 Å². The summed E-state index contributed by atoms with van der Waals surface area (Å²) in [5.74, 6) is -0.0782. The monoisotopic (exact) mass is 233 g/mol. The molecule has 0 atom stereocenters. The van der Waals surface area contributed by atoms with Gasteiger partial charge in [-0.05, 0) is 43.9 Å². The molecule has 0 spiro atoms. The highest BCUT2D eigenvalue weighted by Crippen LogP contribution is 2.34. The minimum absolute atomic E-state index is 0.00352. The Morgan fingerprint density at radius 1 is 1.29 bits per heavy atom. The van der Waals surface area contributed by atoms with E-state index in [-0.39, 0.29) is 11.4 Å². The lowest BCUT2D eigenvalue weighted by Gasteiger charge is -2.42. The average Bonchev–Trinajstić information content (AvgIpc) is 2.21. The Kier molecular flexibility index (Phi) is 2.96. The van der Waals surface area contributed by atoms with E-state index < -0.39 is 0 Å². The number of nitrogens with two attached hydrogens (primary N) is 2. The molecular formula is C13H19N3O. The molecule has 92 valence electrons. The number of nitrogens with one attached hydrogen (secondary N) is 1. The van der Waals surface area contributed by atoms with Crippen LogP contribution in [0.1, 0.15) is 43.0 Å². The van der Waals surface area contributed by atoms with E-state index in [1.807, 2.05) is 0 Å². The molecule has 2 rings (SSSR count). The van der Waals surface area contributed by atoms with Crippen LogP contribution in [0.5, 0.6) is 0 Å². The normalized spacial score (nSPS) is 17.2. The summed E-state index contributed by atoms with van der Waals surface area (Å²) in [6.07, 6.45) is 4.28. The number of amides is 1. The Morgan fingerprint density at radius 2 is 1.88 bits per heavy atom. The largest absolute Gasteiger partial charge is 0.399 e. The third-order valence-corrected chi connectivity index (χ3v) is 3.61. The van der Waals surface area contributed by atoms with Gasteiger partial charge in [0.1, 0.15) is 0 Å². The zero-order valence-electron chi connectivity index (χ0n) is 10.1. The van der Waals surface area contributed by atoms with Gasteiger partial charge in [0.25, 0.3) is 5.91 Å². The average molecular weight is 233 g/mol. The van der Waals surface area contributed by atoms with Crippen molar-refractivity contribution in [1.82, 2.24) is 5.32 Å². The fourth-order valence-electron chi connectivity index (χ4n) is 2.29. The van der Waals surface area contributed by atoms with Gasteiger partial charge in [0, 0.05) is 22.5 Å². The van der Waals surface area contributed by atoms with Gasteiger partial charge in [0.15, 0.2) is 0 Å². The van der Waals surface area contributed by atoms with E-state index in [4.69, 9.17) is 11.5 Å². The zero-order chi connectivity index (χ0) is 12.5. The molecule has 5 N–H and O–H groups in total. The van der Waals surface area contributed by atoms with Crippen LogP contribution < -0.4 is 16.8 Å². The highest BCUT2D eigenvalue weighted by atomic mass is 16.1. The maximum Gasteiger partial charge on any atom is 0.251 e. The molecule has 0 bridgehead atoms. The summed E-state index contributed by atoms with van der Waals surface area (Å²) in [7, 11) is 0. The highest BCUT2D eigenvalue weighted by molar-refractivity contribution is 5.96. The van der Waals surface area contributed by atoms with Gasteiger partial charge in [-0.1, -0.05) is 6.92 Å². The number of carbonyl (C=O) groups excluding carboxylic acids is 1. The van der Waals surface area contributed by atoms with E-state index in [9.17, 15) is 4.79 Å². The number of rotatable bonds is 3. The van der Waals surface area contributed by atoms with Crippen LogP contribution in [0.15, 0.2) is 18.2 Å². The summed E-state index contributed by atoms with van der Waals surface area (Å²) in [6.45, 7) is 2.10. The Bertz CT molecular complexity index is 413. The summed E-state index contributed by atoms with van der Waals surface area (Å²) < 4.78 is 0. The van der Waals surface area contributed by atoms with E-state index in [1.54, 1.807) is 18.2 Å². The summed E-state index contributed by atoms with van der Waals surface area (Å²) >= 11 is 0. The topological polar surface area (TPSA) is 81.1 Å². The van der Waals surface area contributed by atoms with Gasteiger partial charge in [-0.3, -0.25) is 4.79 Å². The lowest BCUT2D eigenvalue weighted by molar-refractivity contribution is 0.0820. The third-order valence-electron chi connectivity index (χ3n) is 3.61. The summed E-state index contributed by atoms with van der Waals surface area (Å²) in [6, 6.07) is 4.97. The number of hydrogen-bond acceptors (Lipinski definition) is 3. The van der Waals surface area contributed by atoms with E-state index in [2.05, 4.69) is 12.2 Å². The van der Waals surface area contributed by atoms with Crippen molar-refractivity contribution in [1.29, 1.82) is 0 Å². The van der Waals surface area contributed by atoms with Gasteiger partial charge in [-0.25, -0.2) is 0 Å². The Hall–Kier alpha value is -1.71. The van der Waals surface area contributed by atoms with E-state index in [0.29, 0.717) is 16.9 Å². The zero-order valence-corrected chi connectivity index (χ0v) is 10.1. The van der Waals surface area contributed by atoms with Gasteiger partial charge in [0.05, 0.1) is 0 Å². The van der Waals surface area contributed by atoms with Crippen LogP contribution in [-0.2, 0) is 0 Å². The fraction of sp³-hybridized carbons (Fsp3) is 0.462. The van der Waals surface area contributed by atoms with Crippen LogP contribution in [0.2, 0.25) is 0 Å². The molecule has 1 fully saturated rings. The molecule has 1 aromatic rings. The Labute approximate surface area is 101 Å². The van der Waals surface area contributed by atoms with Crippen LogP contribution in [-0.4, -0.2) is 11.4 Å². The number of hydrogen-bond donors (Lipinski definition) is 3. The SMILES string of the molecule is CCC1(NC(=O)c2cc(N)cc(N)c2)CCC1. The third kappa shape index (κ3) is 2.35. The quantitative estimate of drug-likeness (QED) is 0.697. The molecule has 0 aliphatic heterocycles.